The van der Waals surface area contributed by atoms with E-state index in [1.165, 1.54) is 0 Å². The van der Waals surface area contributed by atoms with E-state index in [4.69, 9.17) is 10.6 Å². The molecule has 0 aliphatic rings. The van der Waals surface area contributed by atoms with Crippen molar-refractivity contribution in [2.45, 2.75) is 6.92 Å². The van der Waals surface area contributed by atoms with Gasteiger partial charge in [-0.15, -0.1) is 0 Å². The van der Waals surface area contributed by atoms with Crippen molar-refractivity contribution in [2.75, 3.05) is 6.54 Å². The number of carboxylic acids is 1. The maximum Gasteiger partial charge on any atom is 0.336 e. The highest BCUT2D eigenvalue weighted by atomic mass is 16.4. The third kappa shape index (κ3) is 3.05. The van der Waals surface area contributed by atoms with Crippen LogP contribution in [0.3, 0.4) is 0 Å². The Labute approximate surface area is 92.3 Å². The molecule has 0 bridgehead atoms. The second kappa shape index (κ2) is 5.44. The summed E-state index contributed by atoms with van der Waals surface area (Å²) >= 11 is 0. The van der Waals surface area contributed by atoms with Gasteiger partial charge in [-0.2, -0.15) is 0 Å². The highest BCUT2D eigenvalue weighted by Gasteiger charge is 2.07. The summed E-state index contributed by atoms with van der Waals surface area (Å²) in [4.78, 5) is 13.5. The smallest absolute Gasteiger partial charge is 0.336 e. The number of benzene rings is 1. The van der Waals surface area contributed by atoms with E-state index in [1.807, 2.05) is 6.92 Å². The molecule has 16 heavy (non-hydrogen) atoms. The van der Waals surface area contributed by atoms with Crippen LogP contribution in [0.4, 0.5) is 0 Å². The molecule has 1 N–H and O–H groups in total. The molecule has 5 heteroatoms. The summed E-state index contributed by atoms with van der Waals surface area (Å²) in [7, 11) is 0. The normalized spacial score (nSPS) is 8.56. The van der Waals surface area contributed by atoms with Crippen LogP contribution in [0.2, 0.25) is 0 Å². The van der Waals surface area contributed by atoms with Gasteiger partial charge in [0.1, 0.15) is 0 Å². The SMILES string of the molecule is Cc1ccc(C#CCN=[N+]=[N-])c(C(=O)O)c1. The predicted molar refractivity (Wildman–Crippen MR) is 59.0 cm³/mol. The van der Waals surface area contributed by atoms with E-state index < -0.39 is 5.97 Å². The molecule has 0 aromatic heterocycles. The van der Waals surface area contributed by atoms with Crippen LogP contribution in [0.15, 0.2) is 23.3 Å². The number of hydrogen-bond acceptors (Lipinski definition) is 2. The summed E-state index contributed by atoms with van der Waals surface area (Å²) < 4.78 is 0. The van der Waals surface area contributed by atoms with Crippen LogP contribution in [0.5, 0.6) is 0 Å². The van der Waals surface area contributed by atoms with E-state index in [0.717, 1.165) is 5.56 Å². The van der Waals surface area contributed by atoms with Crippen LogP contribution < -0.4 is 0 Å². The summed E-state index contributed by atoms with van der Waals surface area (Å²) in [6, 6.07) is 4.98. The van der Waals surface area contributed by atoms with Crippen molar-refractivity contribution in [3.63, 3.8) is 0 Å². The molecular weight excluding hydrogens is 206 g/mol. The molecule has 0 atom stereocenters. The van der Waals surface area contributed by atoms with Gasteiger partial charge in [0.15, 0.2) is 0 Å². The Morgan fingerprint density at radius 1 is 1.62 bits per heavy atom. The highest BCUT2D eigenvalue weighted by Crippen LogP contribution is 2.10. The van der Waals surface area contributed by atoms with Crippen LogP contribution in [-0.4, -0.2) is 17.6 Å². The number of rotatable bonds is 2. The number of carbonyl (C=O) groups is 1. The molecule has 0 aliphatic heterocycles. The number of carboxylic acid groups (broad SMARTS) is 1. The minimum absolute atomic E-state index is 0.0312. The number of aromatic carboxylic acids is 1. The maximum atomic E-state index is 10.9. The largest absolute Gasteiger partial charge is 0.478 e. The van der Waals surface area contributed by atoms with Gasteiger partial charge in [-0.1, -0.05) is 28.6 Å². The number of hydrogen-bond donors (Lipinski definition) is 1. The van der Waals surface area contributed by atoms with E-state index in [9.17, 15) is 4.79 Å². The fourth-order valence-corrected chi connectivity index (χ4v) is 1.15. The Kier molecular flexibility index (Phi) is 3.96. The Hall–Kier alpha value is -2.44. The maximum absolute atomic E-state index is 10.9. The van der Waals surface area contributed by atoms with E-state index >= 15 is 0 Å². The summed E-state index contributed by atoms with van der Waals surface area (Å²) in [5.41, 5.74) is 9.48. The van der Waals surface area contributed by atoms with E-state index in [1.54, 1.807) is 18.2 Å². The Balaban J connectivity index is 3.06. The topological polar surface area (TPSA) is 86.1 Å². The van der Waals surface area contributed by atoms with Gasteiger partial charge >= 0.3 is 5.97 Å². The number of nitrogens with zero attached hydrogens (tertiary/aromatic N) is 3. The van der Waals surface area contributed by atoms with Crippen molar-refractivity contribution in [3.05, 3.63) is 45.3 Å². The zero-order valence-corrected chi connectivity index (χ0v) is 8.64. The lowest BCUT2D eigenvalue weighted by Crippen LogP contribution is -2.00. The van der Waals surface area contributed by atoms with E-state index in [2.05, 4.69) is 21.9 Å². The molecule has 0 aliphatic carbocycles. The predicted octanol–water partition coefficient (Wildman–Crippen LogP) is 2.36. The molecule has 0 radical (unpaired) electrons. The molecule has 5 nitrogen and oxygen atoms in total. The second-order valence-corrected chi connectivity index (χ2v) is 3.04. The van der Waals surface area contributed by atoms with Gasteiger partial charge in [0.05, 0.1) is 12.1 Å². The van der Waals surface area contributed by atoms with Crippen molar-refractivity contribution in [1.82, 2.24) is 0 Å². The lowest BCUT2D eigenvalue weighted by Gasteiger charge is -2.00. The minimum Gasteiger partial charge on any atom is -0.478 e. The minimum atomic E-state index is -1.02. The molecule has 1 rings (SSSR count). The molecule has 1 aromatic rings. The summed E-state index contributed by atoms with van der Waals surface area (Å²) in [6.07, 6.45) is 0. The Morgan fingerprint density at radius 2 is 2.38 bits per heavy atom. The van der Waals surface area contributed by atoms with Gasteiger partial charge in [0, 0.05) is 10.5 Å². The molecule has 80 valence electrons. The molecule has 0 unspecified atom stereocenters. The van der Waals surface area contributed by atoms with E-state index in [-0.39, 0.29) is 12.1 Å². The van der Waals surface area contributed by atoms with Gasteiger partial charge in [-0.3, -0.25) is 0 Å². The van der Waals surface area contributed by atoms with Crippen LogP contribution in [0.25, 0.3) is 10.4 Å². The van der Waals surface area contributed by atoms with Crippen molar-refractivity contribution in [2.24, 2.45) is 5.11 Å². The Bertz CT molecular complexity index is 520. The van der Waals surface area contributed by atoms with Crippen LogP contribution in [0, 0.1) is 18.8 Å². The zero-order valence-electron chi connectivity index (χ0n) is 8.64. The van der Waals surface area contributed by atoms with Gasteiger partial charge in [-0.25, -0.2) is 4.79 Å². The number of aryl methyl sites for hydroxylation is 1. The Morgan fingerprint density at radius 3 is 3.00 bits per heavy atom. The molecule has 1 aromatic carbocycles. The average Bonchev–Trinajstić information content (AvgIpc) is 2.26. The van der Waals surface area contributed by atoms with Crippen LogP contribution in [-0.2, 0) is 0 Å². The lowest BCUT2D eigenvalue weighted by atomic mass is 10.1. The molecule has 0 fully saturated rings. The summed E-state index contributed by atoms with van der Waals surface area (Å²) in [6.45, 7) is 1.84. The summed E-state index contributed by atoms with van der Waals surface area (Å²) in [5.74, 6) is 4.23. The van der Waals surface area contributed by atoms with Crippen molar-refractivity contribution in [1.29, 1.82) is 0 Å². The first kappa shape index (κ1) is 11.6. The van der Waals surface area contributed by atoms with Crippen molar-refractivity contribution in [3.8, 4) is 11.8 Å². The standard InChI is InChI=1S/C11H9N3O2/c1-8-4-5-9(3-2-6-13-14-12)10(7-8)11(15)16/h4-5,7H,6H2,1H3,(H,15,16). The third-order valence-corrected chi connectivity index (χ3v) is 1.84. The van der Waals surface area contributed by atoms with Crippen LogP contribution >= 0.6 is 0 Å². The third-order valence-electron chi connectivity index (χ3n) is 1.84. The van der Waals surface area contributed by atoms with Gasteiger partial charge in [0.2, 0.25) is 0 Å². The molecule has 0 amide bonds. The lowest BCUT2D eigenvalue weighted by molar-refractivity contribution is 0.0696. The monoisotopic (exact) mass is 215 g/mol. The quantitative estimate of drug-likeness (QED) is 0.355. The van der Waals surface area contributed by atoms with Crippen molar-refractivity contribution < 1.29 is 9.90 Å². The summed E-state index contributed by atoms with van der Waals surface area (Å²) in [5, 5.41) is 12.2. The molecule has 0 heterocycles. The van der Waals surface area contributed by atoms with Gasteiger partial charge in [0.25, 0.3) is 0 Å². The fraction of sp³-hybridized carbons (Fsp3) is 0.182. The van der Waals surface area contributed by atoms with E-state index in [0.29, 0.717) is 5.56 Å². The van der Waals surface area contributed by atoms with Gasteiger partial charge in [-0.05, 0) is 24.6 Å². The molecule has 0 saturated heterocycles. The first-order chi connectivity index (χ1) is 7.65. The molecule has 0 saturated carbocycles. The molecular formula is C11H9N3O2. The zero-order chi connectivity index (χ0) is 12.0. The van der Waals surface area contributed by atoms with Crippen molar-refractivity contribution >= 4 is 5.97 Å². The first-order valence-electron chi connectivity index (χ1n) is 4.49. The second-order valence-electron chi connectivity index (χ2n) is 3.04. The van der Waals surface area contributed by atoms with Gasteiger partial charge < -0.3 is 5.11 Å². The average molecular weight is 215 g/mol. The highest BCUT2D eigenvalue weighted by molar-refractivity contribution is 5.91. The first-order valence-corrected chi connectivity index (χ1v) is 4.49. The number of azide groups is 1. The van der Waals surface area contributed by atoms with Crippen LogP contribution in [0.1, 0.15) is 21.5 Å². The molecule has 0 spiro atoms. The fourth-order valence-electron chi connectivity index (χ4n) is 1.15.